The average molecular weight is 347 g/mol. The normalized spacial score (nSPS) is 10.5. The van der Waals surface area contributed by atoms with Crippen molar-refractivity contribution >= 4 is 5.91 Å². The Morgan fingerprint density at radius 1 is 1.04 bits per heavy atom. The number of nitrogens with one attached hydrogen (secondary N) is 1. The molecule has 5 nitrogen and oxygen atoms in total. The molecule has 2 aromatic rings. The Kier molecular flexibility index (Phi) is 6.22. The number of carbonyl (C=O) groups is 1. The van der Waals surface area contributed by atoms with Crippen LogP contribution < -0.4 is 19.5 Å². The van der Waals surface area contributed by atoms with Crippen molar-refractivity contribution in [2.45, 2.75) is 26.5 Å². The van der Waals surface area contributed by atoms with Crippen LogP contribution in [0, 0.1) is 5.82 Å². The monoisotopic (exact) mass is 347 g/mol. The van der Waals surface area contributed by atoms with Crippen molar-refractivity contribution in [1.82, 2.24) is 5.32 Å². The number of hydrogen-bond acceptors (Lipinski definition) is 4. The Labute approximate surface area is 146 Å². The molecular weight excluding hydrogens is 325 g/mol. The van der Waals surface area contributed by atoms with Crippen LogP contribution >= 0.6 is 0 Å². The van der Waals surface area contributed by atoms with Crippen molar-refractivity contribution in [3.05, 3.63) is 53.3 Å². The van der Waals surface area contributed by atoms with Crippen LogP contribution in [-0.4, -0.2) is 26.2 Å². The van der Waals surface area contributed by atoms with Gasteiger partial charge in [0, 0.05) is 12.1 Å². The van der Waals surface area contributed by atoms with E-state index < -0.39 is 5.82 Å². The predicted octanol–water partition coefficient (Wildman–Crippen LogP) is 3.56. The quantitative estimate of drug-likeness (QED) is 0.832. The van der Waals surface area contributed by atoms with Gasteiger partial charge in [-0.1, -0.05) is 6.07 Å². The van der Waals surface area contributed by atoms with E-state index in [9.17, 15) is 9.18 Å². The molecule has 0 aliphatic heterocycles. The van der Waals surface area contributed by atoms with Crippen LogP contribution in [0.4, 0.5) is 4.39 Å². The molecule has 0 fully saturated rings. The van der Waals surface area contributed by atoms with Crippen LogP contribution in [0.5, 0.6) is 17.2 Å². The summed E-state index contributed by atoms with van der Waals surface area (Å²) in [7, 11) is 2.93. The van der Waals surface area contributed by atoms with E-state index in [-0.39, 0.29) is 29.9 Å². The molecule has 0 spiro atoms. The Morgan fingerprint density at radius 3 is 2.32 bits per heavy atom. The summed E-state index contributed by atoms with van der Waals surface area (Å²) in [4.78, 5) is 12.2. The Balaban J connectivity index is 2.05. The maximum atomic E-state index is 13.7. The van der Waals surface area contributed by atoms with E-state index in [1.165, 1.54) is 19.2 Å². The van der Waals surface area contributed by atoms with Gasteiger partial charge >= 0.3 is 0 Å². The zero-order valence-corrected chi connectivity index (χ0v) is 14.8. The summed E-state index contributed by atoms with van der Waals surface area (Å²) >= 11 is 0. The number of rotatable bonds is 7. The fourth-order valence-electron chi connectivity index (χ4n) is 2.27. The molecule has 0 saturated heterocycles. The van der Waals surface area contributed by atoms with Gasteiger partial charge in [-0.2, -0.15) is 0 Å². The summed E-state index contributed by atoms with van der Waals surface area (Å²) in [5.74, 6) is 0.387. The number of methoxy groups -OCH3 is 2. The summed E-state index contributed by atoms with van der Waals surface area (Å²) < 4.78 is 29.5. The van der Waals surface area contributed by atoms with E-state index in [1.54, 1.807) is 19.2 Å². The summed E-state index contributed by atoms with van der Waals surface area (Å²) in [6.07, 6.45) is 0.0319. The SMILES string of the molecule is COc1ccc(C(=O)NCc2ccc(OC(C)C)c(OC)c2)cc1F. The number of hydrogen-bond donors (Lipinski definition) is 1. The summed E-state index contributed by atoms with van der Waals surface area (Å²) in [5, 5.41) is 2.75. The molecule has 134 valence electrons. The first-order valence-corrected chi connectivity index (χ1v) is 7.90. The lowest BCUT2D eigenvalue weighted by Crippen LogP contribution is -2.23. The number of ether oxygens (including phenoxy) is 3. The fourth-order valence-corrected chi connectivity index (χ4v) is 2.27. The summed E-state index contributed by atoms with van der Waals surface area (Å²) in [5.41, 5.74) is 1.07. The molecule has 0 aliphatic rings. The lowest BCUT2D eigenvalue weighted by molar-refractivity contribution is 0.0950. The average Bonchev–Trinajstić information content (AvgIpc) is 2.59. The minimum atomic E-state index is -0.577. The molecule has 6 heteroatoms. The third kappa shape index (κ3) is 4.86. The maximum Gasteiger partial charge on any atom is 0.251 e. The highest BCUT2D eigenvalue weighted by Gasteiger charge is 2.11. The van der Waals surface area contributed by atoms with Crippen molar-refractivity contribution in [2.24, 2.45) is 0 Å². The van der Waals surface area contributed by atoms with Crippen LogP contribution in [0.25, 0.3) is 0 Å². The Bertz CT molecular complexity index is 746. The Hall–Kier alpha value is -2.76. The first-order valence-electron chi connectivity index (χ1n) is 7.90. The van der Waals surface area contributed by atoms with Gasteiger partial charge in [-0.15, -0.1) is 0 Å². The third-order valence-electron chi connectivity index (χ3n) is 3.46. The van der Waals surface area contributed by atoms with E-state index in [0.29, 0.717) is 11.5 Å². The van der Waals surface area contributed by atoms with Gasteiger partial charge in [0.1, 0.15) is 0 Å². The highest BCUT2D eigenvalue weighted by molar-refractivity contribution is 5.94. The van der Waals surface area contributed by atoms with E-state index in [4.69, 9.17) is 14.2 Å². The lowest BCUT2D eigenvalue weighted by Gasteiger charge is -2.15. The minimum absolute atomic E-state index is 0.0319. The van der Waals surface area contributed by atoms with Crippen LogP contribution in [0.1, 0.15) is 29.8 Å². The molecule has 0 aliphatic carbocycles. The van der Waals surface area contributed by atoms with Crippen LogP contribution in [0.3, 0.4) is 0 Å². The van der Waals surface area contributed by atoms with Crippen molar-refractivity contribution < 1.29 is 23.4 Å². The van der Waals surface area contributed by atoms with Crippen molar-refractivity contribution in [2.75, 3.05) is 14.2 Å². The van der Waals surface area contributed by atoms with Gasteiger partial charge in [0.05, 0.1) is 20.3 Å². The molecule has 0 bridgehead atoms. The molecule has 1 N–H and O–H groups in total. The van der Waals surface area contributed by atoms with Crippen molar-refractivity contribution in [1.29, 1.82) is 0 Å². The standard InChI is InChI=1S/C19H22FNO4/c1-12(2)25-17-7-5-13(9-18(17)24-4)11-21-19(22)14-6-8-16(23-3)15(20)10-14/h5-10,12H,11H2,1-4H3,(H,21,22). The van der Waals surface area contributed by atoms with E-state index in [0.717, 1.165) is 11.6 Å². The molecule has 0 radical (unpaired) electrons. The van der Waals surface area contributed by atoms with Gasteiger partial charge in [-0.05, 0) is 49.7 Å². The third-order valence-corrected chi connectivity index (χ3v) is 3.46. The topological polar surface area (TPSA) is 56.8 Å². The second kappa shape index (κ2) is 8.37. The van der Waals surface area contributed by atoms with Crippen LogP contribution in [0.15, 0.2) is 36.4 Å². The lowest BCUT2D eigenvalue weighted by atomic mass is 10.1. The molecule has 1 amide bonds. The van der Waals surface area contributed by atoms with Gasteiger partial charge in [-0.3, -0.25) is 4.79 Å². The van der Waals surface area contributed by atoms with Crippen molar-refractivity contribution in [3.8, 4) is 17.2 Å². The largest absolute Gasteiger partial charge is 0.494 e. The Morgan fingerprint density at radius 2 is 1.72 bits per heavy atom. The molecule has 2 aromatic carbocycles. The minimum Gasteiger partial charge on any atom is -0.494 e. The van der Waals surface area contributed by atoms with E-state index in [1.807, 2.05) is 19.9 Å². The number of carbonyl (C=O) groups excluding carboxylic acids is 1. The molecule has 0 atom stereocenters. The molecule has 0 saturated carbocycles. The van der Waals surface area contributed by atoms with Gasteiger partial charge in [0.25, 0.3) is 5.91 Å². The molecule has 0 unspecified atom stereocenters. The molecule has 0 heterocycles. The number of halogens is 1. The molecule has 25 heavy (non-hydrogen) atoms. The highest BCUT2D eigenvalue weighted by Crippen LogP contribution is 2.29. The summed E-state index contributed by atoms with van der Waals surface area (Å²) in [6, 6.07) is 9.52. The van der Waals surface area contributed by atoms with E-state index >= 15 is 0 Å². The highest BCUT2D eigenvalue weighted by atomic mass is 19.1. The molecular formula is C19H22FNO4. The molecule has 2 rings (SSSR count). The fraction of sp³-hybridized carbons (Fsp3) is 0.316. The van der Waals surface area contributed by atoms with Crippen LogP contribution in [0.2, 0.25) is 0 Å². The van der Waals surface area contributed by atoms with Gasteiger partial charge in [0.2, 0.25) is 0 Å². The number of amides is 1. The van der Waals surface area contributed by atoms with E-state index in [2.05, 4.69) is 5.32 Å². The first-order chi connectivity index (χ1) is 11.9. The van der Waals surface area contributed by atoms with Gasteiger partial charge < -0.3 is 19.5 Å². The second-order valence-corrected chi connectivity index (χ2v) is 5.68. The van der Waals surface area contributed by atoms with Crippen LogP contribution in [-0.2, 0) is 6.54 Å². The molecule has 0 aromatic heterocycles. The maximum absolute atomic E-state index is 13.7. The van der Waals surface area contributed by atoms with Crippen molar-refractivity contribution in [3.63, 3.8) is 0 Å². The first kappa shape index (κ1) is 18.6. The zero-order valence-electron chi connectivity index (χ0n) is 14.8. The zero-order chi connectivity index (χ0) is 18.4. The number of benzene rings is 2. The van der Waals surface area contributed by atoms with Gasteiger partial charge in [-0.25, -0.2) is 4.39 Å². The van der Waals surface area contributed by atoms with Gasteiger partial charge in [0.15, 0.2) is 23.1 Å². The predicted molar refractivity (Wildman–Crippen MR) is 92.9 cm³/mol. The summed E-state index contributed by atoms with van der Waals surface area (Å²) in [6.45, 7) is 4.15. The second-order valence-electron chi connectivity index (χ2n) is 5.68. The smallest absolute Gasteiger partial charge is 0.251 e.